The third kappa shape index (κ3) is 13.4. The normalized spacial score (nSPS) is 9.71. The average molecular weight is 344 g/mol. The quantitative estimate of drug-likeness (QED) is 0.333. The van der Waals surface area contributed by atoms with Gasteiger partial charge in [-0.2, -0.15) is 12.6 Å². The SMILES string of the molecule is CC(C)CCCCCOC(=O)CS.[Ba+2].[H-].[H-]. The van der Waals surface area contributed by atoms with E-state index in [1.807, 2.05) is 0 Å². The van der Waals surface area contributed by atoms with Crippen molar-refractivity contribution < 1.29 is 12.4 Å². The largest absolute Gasteiger partial charge is 2.00 e. The molecule has 14 heavy (non-hydrogen) atoms. The first-order valence-corrected chi connectivity index (χ1v) is 5.56. The van der Waals surface area contributed by atoms with Gasteiger partial charge in [-0.15, -0.1) is 0 Å². The summed E-state index contributed by atoms with van der Waals surface area (Å²) in [6, 6.07) is 0. The molecule has 0 bridgehead atoms. The number of esters is 1. The molecule has 0 aliphatic carbocycles. The van der Waals surface area contributed by atoms with Gasteiger partial charge in [0.2, 0.25) is 0 Å². The summed E-state index contributed by atoms with van der Waals surface area (Å²) in [6.07, 6.45) is 4.63. The van der Waals surface area contributed by atoms with Gasteiger partial charge >= 0.3 is 54.9 Å². The molecular formula is C10H22BaO2S. The van der Waals surface area contributed by atoms with Gasteiger partial charge < -0.3 is 7.59 Å². The number of unbranched alkanes of at least 4 members (excludes halogenated alkanes) is 2. The van der Waals surface area contributed by atoms with E-state index in [1.54, 1.807) is 0 Å². The Hall–Kier alpha value is 1.39. The first-order valence-electron chi connectivity index (χ1n) is 4.93. The van der Waals surface area contributed by atoms with Crippen molar-refractivity contribution in [3.8, 4) is 0 Å². The fourth-order valence-corrected chi connectivity index (χ4v) is 1.15. The summed E-state index contributed by atoms with van der Waals surface area (Å²) < 4.78 is 4.88. The van der Waals surface area contributed by atoms with E-state index >= 15 is 0 Å². The summed E-state index contributed by atoms with van der Waals surface area (Å²) in [5.74, 6) is 0.749. The number of carbonyl (C=O) groups is 1. The molecule has 0 aromatic carbocycles. The number of ether oxygens (including phenoxy) is 1. The molecular weight excluding hydrogens is 322 g/mol. The summed E-state index contributed by atoms with van der Waals surface area (Å²) in [5, 5.41) is 0. The molecule has 0 unspecified atom stereocenters. The molecule has 0 rings (SSSR count). The standard InChI is InChI=1S/C10H20O2S.Ba.2H/c1-9(2)6-4-3-5-7-12-10(11)8-13;;;/h9,13H,3-8H2,1-2H3;;;/q;+2;2*-1. The maximum Gasteiger partial charge on any atom is 2.00 e. The topological polar surface area (TPSA) is 26.3 Å². The molecule has 0 spiro atoms. The monoisotopic (exact) mass is 344 g/mol. The Morgan fingerprint density at radius 3 is 2.50 bits per heavy atom. The molecule has 0 aliphatic heterocycles. The van der Waals surface area contributed by atoms with E-state index in [0.29, 0.717) is 6.61 Å². The number of rotatable bonds is 7. The van der Waals surface area contributed by atoms with Crippen LogP contribution in [-0.2, 0) is 9.53 Å². The molecule has 0 radical (unpaired) electrons. The van der Waals surface area contributed by atoms with E-state index in [2.05, 4.69) is 26.5 Å². The molecule has 2 nitrogen and oxygen atoms in total. The van der Waals surface area contributed by atoms with Crippen molar-refractivity contribution in [1.82, 2.24) is 0 Å². The van der Waals surface area contributed by atoms with Crippen LogP contribution in [0.1, 0.15) is 42.4 Å². The number of carbonyl (C=O) groups excluding carboxylic acids is 1. The van der Waals surface area contributed by atoms with E-state index in [4.69, 9.17) is 4.74 Å². The summed E-state index contributed by atoms with van der Waals surface area (Å²) in [7, 11) is 0. The van der Waals surface area contributed by atoms with E-state index in [1.165, 1.54) is 12.8 Å². The molecule has 0 saturated heterocycles. The molecule has 0 aromatic rings. The van der Waals surface area contributed by atoms with E-state index < -0.39 is 0 Å². The Labute approximate surface area is 136 Å². The second-order valence-electron chi connectivity index (χ2n) is 3.62. The molecule has 0 aromatic heterocycles. The second kappa shape index (κ2) is 12.5. The summed E-state index contributed by atoms with van der Waals surface area (Å²) >= 11 is 3.81. The second-order valence-corrected chi connectivity index (χ2v) is 3.94. The summed E-state index contributed by atoms with van der Waals surface area (Å²) in [6.45, 7) is 5.00. The Balaban J connectivity index is -0.000000240. The average Bonchev–Trinajstić information content (AvgIpc) is 2.10. The minimum atomic E-state index is -0.216. The van der Waals surface area contributed by atoms with E-state index in [9.17, 15) is 4.79 Å². The Morgan fingerprint density at radius 1 is 1.36 bits per heavy atom. The van der Waals surface area contributed by atoms with Crippen LogP contribution in [0.2, 0.25) is 0 Å². The van der Waals surface area contributed by atoms with Gasteiger partial charge in [0.05, 0.1) is 12.4 Å². The fourth-order valence-electron chi connectivity index (χ4n) is 1.06. The Morgan fingerprint density at radius 2 is 2.00 bits per heavy atom. The zero-order chi connectivity index (χ0) is 10.1. The van der Waals surface area contributed by atoms with Crippen LogP contribution in [0.15, 0.2) is 0 Å². The third-order valence-corrected chi connectivity index (χ3v) is 2.08. The molecule has 0 atom stereocenters. The number of thiol groups is 1. The smallest absolute Gasteiger partial charge is 1.00 e. The van der Waals surface area contributed by atoms with Gasteiger partial charge in [0.15, 0.2) is 0 Å². The van der Waals surface area contributed by atoms with Crippen LogP contribution in [0, 0.1) is 5.92 Å². The minimum absolute atomic E-state index is 0. The van der Waals surface area contributed by atoms with Crippen LogP contribution in [0.4, 0.5) is 0 Å². The Bertz CT molecular complexity index is 149. The summed E-state index contributed by atoms with van der Waals surface area (Å²) in [5.41, 5.74) is 0. The van der Waals surface area contributed by atoms with Gasteiger partial charge in [-0.05, 0) is 12.3 Å². The molecule has 0 N–H and O–H groups in total. The van der Waals surface area contributed by atoms with Crippen molar-refractivity contribution in [2.24, 2.45) is 5.92 Å². The van der Waals surface area contributed by atoms with E-state index in [0.717, 1.165) is 18.8 Å². The van der Waals surface area contributed by atoms with Crippen LogP contribution in [0.5, 0.6) is 0 Å². The predicted molar refractivity (Wildman–Crippen MR) is 66.1 cm³/mol. The van der Waals surface area contributed by atoms with Crippen molar-refractivity contribution in [1.29, 1.82) is 0 Å². The van der Waals surface area contributed by atoms with Crippen molar-refractivity contribution in [3.05, 3.63) is 0 Å². The van der Waals surface area contributed by atoms with E-state index in [-0.39, 0.29) is 63.5 Å². The molecule has 4 heteroatoms. The first-order chi connectivity index (χ1) is 6.16. The van der Waals surface area contributed by atoms with Gasteiger partial charge in [-0.1, -0.05) is 33.1 Å². The fraction of sp³-hybridized carbons (Fsp3) is 0.900. The Kier molecular flexibility index (Phi) is 15.8. The zero-order valence-electron chi connectivity index (χ0n) is 11.3. The van der Waals surface area contributed by atoms with Gasteiger partial charge in [0, 0.05) is 0 Å². The van der Waals surface area contributed by atoms with Gasteiger partial charge in [-0.3, -0.25) is 4.79 Å². The van der Waals surface area contributed by atoms with Crippen molar-refractivity contribution in [3.63, 3.8) is 0 Å². The van der Waals surface area contributed by atoms with Gasteiger partial charge in [0.25, 0.3) is 0 Å². The van der Waals surface area contributed by atoms with Crippen molar-refractivity contribution in [2.75, 3.05) is 12.4 Å². The van der Waals surface area contributed by atoms with Crippen LogP contribution in [0.3, 0.4) is 0 Å². The van der Waals surface area contributed by atoms with Crippen LogP contribution in [-0.4, -0.2) is 67.2 Å². The van der Waals surface area contributed by atoms with Crippen LogP contribution in [0.25, 0.3) is 0 Å². The molecule has 82 valence electrons. The third-order valence-electron chi connectivity index (χ3n) is 1.82. The summed E-state index contributed by atoms with van der Waals surface area (Å²) in [4.78, 5) is 10.7. The first kappa shape index (κ1) is 17.8. The molecule has 0 saturated carbocycles. The zero-order valence-corrected chi connectivity index (χ0v) is 14.6. The molecule has 0 amide bonds. The minimum Gasteiger partial charge on any atom is -1.00 e. The van der Waals surface area contributed by atoms with Gasteiger partial charge in [0.1, 0.15) is 0 Å². The van der Waals surface area contributed by atoms with Crippen LogP contribution >= 0.6 is 12.6 Å². The number of hydrogen-bond acceptors (Lipinski definition) is 3. The number of hydrogen-bond donors (Lipinski definition) is 1. The maximum atomic E-state index is 10.7. The van der Waals surface area contributed by atoms with Crippen molar-refractivity contribution in [2.45, 2.75) is 39.5 Å². The maximum absolute atomic E-state index is 10.7. The van der Waals surface area contributed by atoms with Gasteiger partial charge in [-0.25, -0.2) is 0 Å². The molecule has 0 fully saturated rings. The van der Waals surface area contributed by atoms with Crippen molar-refractivity contribution >= 4 is 67.5 Å². The molecule has 0 aliphatic rings. The van der Waals surface area contributed by atoms with Crippen LogP contribution < -0.4 is 0 Å². The molecule has 0 heterocycles. The predicted octanol–water partition coefficient (Wildman–Crippen LogP) is 2.52.